The van der Waals surface area contributed by atoms with Crippen LogP contribution in [0.4, 0.5) is 34.1 Å². The van der Waals surface area contributed by atoms with E-state index >= 15 is 0 Å². The number of nitrogens with zero attached hydrogens (tertiary/aromatic N) is 2. The molecule has 0 atom stereocenters. The smallest absolute Gasteiger partial charge is 0.0465 e. The molecule has 12 rings (SSSR count). The number of benzene rings is 10. The first-order chi connectivity index (χ1) is 29.3. The third kappa shape index (κ3) is 4.82. The van der Waals surface area contributed by atoms with Crippen molar-refractivity contribution in [2.45, 2.75) is 38.5 Å². The van der Waals surface area contributed by atoms with Gasteiger partial charge >= 0.3 is 0 Å². The molecule has 0 bridgehead atoms. The summed E-state index contributed by atoms with van der Waals surface area (Å²) in [5.74, 6) is 0. The zero-order valence-electron chi connectivity index (χ0n) is 34.4. The molecule has 0 radical (unpaired) electrons. The van der Waals surface area contributed by atoms with Gasteiger partial charge in [-0.2, -0.15) is 0 Å². The van der Waals surface area contributed by atoms with Crippen LogP contribution < -0.4 is 9.80 Å². The van der Waals surface area contributed by atoms with Crippen molar-refractivity contribution in [1.29, 1.82) is 0 Å². The van der Waals surface area contributed by atoms with Crippen LogP contribution in [0, 0.1) is 0 Å². The molecule has 0 fully saturated rings. The molecule has 10 aromatic carbocycles. The summed E-state index contributed by atoms with van der Waals surface area (Å²) >= 11 is 0. The summed E-state index contributed by atoms with van der Waals surface area (Å²) in [6.45, 7) is 9.74. The van der Waals surface area contributed by atoms with E-state index in [0.717, 1.165) is 28.4 Å². The van der Waals surface area contributed by atoms with Gasteiger partial charge in [0.25, 0.3) is 0 Å². The van der Waals surface area contributed by atoms with E-state index in [1.807, 2.05) is 0 Å². The molecule has 2 nitrogen and oxygen atoms in total. The lowest BCUT2D eigenvalue weighted by Crippen LogP contribution is -2.25. The maximum Gasteiger partial charge on any atom is 0.0465 e. The molecule has 2 aliphatic rings. The Labute approximate surface area is 351 Å². The first kappa shape index (κ1) is 34.8. The summed E-state index contributed by atoms with van der Waals surface area (Å²) in [5.41, 5.74) is 17.4. The van der Waals surface area contributed by atoms with Crippen molar-refractivity contribution in [2.75, 3.05) is 9.80 Å². The molecule has 0 amide bonds. The standard InChI is InChI=1S/C58H44N2/c1-57(2)49-33-32-47-55-52-37(34-48(54(49)55)44-30-28-42(35-50(44)57)59(38-19-9-5-10-20-38)39-21-11-6-12-22-39)18-17-27-46(52)53-45-31-29-43(36-51(45)58(3,4)56(47)53)60(40-23-13-7-14-24-40)41-25-15-8-16-26-41/h5-36H,1-4H3. The van der Waals surface area contributed by atoms with Gasteiger partial charge in [-0.05, 0) is 156 Å². The van der Waals surface area contributed by atoms with E-state index in [9.17, 15) is 0 Å². The molecule has 0 N–H and O–H groups in total. The van der Waals surface area contributed by atoms with Gasteiger partial charge in [-0.1, -0.05) is 143 Å². The number of hydrogen-bond donors (Lipinski definition) is 0. The highest BCUT2D eigenvalue weighted by Gasteiger charge is 2.42. The quantitative estimate of drug-likeness (QED) is 0.155. The van der Waals surface area contributed by atoms with Crippen LogP contribution in [0.2, 0.25) is 0 Å². The van der Waals surface area contributed by atoms with E-state index in [0.29, 0.717) is 0 Å². The monoisotopic (exact) mass is 768 g/mol. The van der Waals surface area contributed by atoms with E-state index in [4.69, 9.17) is 0 Å². The van der Waals surface area contributed by atoms with Crippen LogP contribution in [-0.4, -0.2) is 0 Å². The maximum absolute atomic E-state index is 2.49. The van der Waals surface area contributed by atoms with E-state index in [2.05, 4.69) is 232 Å². The largest absolute Gasteiger partial charge is 0.310 e. The summed E-state index contributed by atoms with van der Waals surface area (Å²) in [7, 11) is 0. The second-order valence-electron chi connectivity index (χ2n) is 17.7. The number of para-hydroxylation sites is 4. The molecule has 0 aliphatic heterocycles. The molecule has 2 aliphatic carbocycles. The fraction of sp³-hybridized carbons (Fsp3) is 0.103. The van der Waals surface area contributed by atoms with Crippen LogP contribution in [0.3, 0.4) is 0 Å². The second kappa shape index (κ2) is 12.7. The lowest BCUT2D eigenvalue weighted by Gasteiger charge is -2.38. The zero-order valence-corrected chi connectivity index (χ0v) is 34.4. The van der Waals surface area contributed by atoms with Crippen molar-refractivity contribution in [2.24, 2.45) is 0 Å². The van der Waals surface area contributed by atoms with E-state index in [1.54, 1.807) is 0 Å². The van der Waals surface area contributed by atoms with Gasteiger partial charge in [-0.3, -0.25) is 0 Å². The van der Waals surface area contributed by atoms with Crippen molar-refractivity contribution in [3.8, 4) is 22.3 Å². The summed E-state index contributed by atoms with van der Waals surface area (Å²) in [5, 5.41) is 8.21. The molecule has 60 heavy (non-hydrogen) atoms. The van der Waals surface area contributed by atoms with Crippen LogP contribution in [0.5, 0.6) is 0 Å². The number of hydrogen-bond acceptors (Lipinski definition) is 2. The van der Waals surface area contributed by atoms with Crippen LogP contribution >= 0.6 is 0 Å². The lowest BCUT2D eigenvalue weighted by atomic mass is 9.66. The van der Waals surface area contributed by atoms with Gasteiger partial charge in [0.05, 0.1) is 0 Å². The van der Waals surface area contributed by atoms with Crippen molar-refractivity contribution in [3.63, 3.8) is 0 Å². The maximum atomic E-state index is 2.49. The molecule has 0 saturated heterocycles. The zero-order chi connectivity index (χ0) is 40.3. The predicted octanol–water partition coefficient (Wildman–Crippen LogP) is 16.1. The van der Waals surface area contributed by atoms with Crippen LogP contribution in [0.1, 0.15) is 49.9 Å². The highest BCUT2D eigenvalue weighted by molar-refractivity contribution is 6.32. The molecule has 2 heteroatoms. The molecule has 10 aromatic rings. The van der Waals surface area contributed by atoms with Crippen molar-refractivity contribution in [3.05, 3.63) is 216 Å². The minimum Gasteiger partial charge on any atom is -0.310 e. The third-order valence-electron chi connectivity index (χ3n) is 13.7. The van der Waals surface area contributed by atoms with Crippen molar-refractivity contribution >= 4 is 66.4 Å². The molecule has 286 valence electrons. The van der Waals surface area contributed by atoms with Gasteiger partial charge in [-0.15, -0.1) is 0 Å². The van der Waals surface area contributed by atoms with E-state index < -0.39 is 0 Å². The van der Waals surface area contributed by atoms with Gasteiger partial charge < -0.3 is 9.80 Å². The Balaban J connectivity index is 1.08. The van der Waals surface area contributed by atoms with Gasteiger partial charge in [0.1, 0.15) is 0 Å². The molecular formula is C58H44N2. The fourth-order valence-corrected chi connectivity index (χ4v) is 11.0. The molecule has 0 aromatic heterocycles. The Morgan fingerprint density at radius 3 is 1.35 bits per heavy atom. The summed E-state index contributed by atoms with van der Waals surface area (Å²) < 4.78 is 0. The normalized spacial score (nSPS) is 14.3. The topological polar surface area (TPSA) is 6.48 Å². The average molecular weight is 769 g/mol. The predicted molar refractivity (Wildman–Crippen MR) is 255 cm³/mol. The number of rotatable bonds is 6. The number of anilines is 6. The summed E-state index contributed by atoms with van der Waals surface area (Å²) in [6.07, 6.45) is 0. The highest BCUT2D eigenvalue weighted by Crippen LogP contribution is 2.60. The molecular weight excluding hydrogens is 725 g/mol. The van der Waals surface area contributed by atoms with Gasteiger partial charge in [0.15, 0.2) is 0 Å². The molecule has 0 unspecified atom stereocenters. The molecule has 0 saturated carbocycles. The summed E-state index contributed by atoms with van der Waals surface area (Å²) in [4.78, 5) is 4.77. The third-order valence-corrected chi connectivity index (χ3v) is 13.7. The number of fused-ring (bicyclic) bond motifs is 7. The summed E-state index contributed by atoms with van der Waals surface area (Å²) in [6, 6.07) is 71.7. The average Bonchev–Trinajstić information content (AvgIpc) is 3.53. The Morgan fingerprint density at radius 2 is 0.817 bits per heavy atom. The van der Waals surface area contributed by atoms with E-state index in [1.165, 1.54) is 82.5 Å². The fourth-order valence-electron chi connectivity index (χ4n) is 11.0. The Hall–Kier alpha value is -7.16. The van der Waals surface area contributed by atoms with E-state index in [-0.39, 0.29) is 10.8 Å². The molecule has 0 heterocycles. The lowest BCUT2D eigenvalue weighted by molar-refractivity contribution is 0.645. The first-order valence-corrected chi connectivity index (χ1v) is 21.2. The van der Waals surface area contributed by atoms with Crippen molar-refractivity contribution < 1.29 is 0 Å². The second-order valence-corrected chi connectivity index (χ2v) is 17.7. The van der Waals surface area contributed by atoms with Crippen LogP contribution in [0.25, 0.3) is 54.6 Å². The van der Waals surface area contributed by atoms with Crippen LogP contribution in [-0.2, 0) is 10.8 Å². The minimum atomic E-state index is -0.241. The van der Waals surface area contributed by atoms with Crippen LogP contribution in [0.15, 0.2) is 194 Å². The SMILES string of the molecule is CC1(C)c2cc(N(c3ccccc3)c3ccccc3)ccc2-c2c1c1ccc3c4c(cc5cccc2c5c14)-c1ccc(N(c2ccccc2)c2ccccc2)cc1C3(C)C. The van der Waals surface area contributed by atoms with Gasteiger partial charge in [0, 0.05) is 45.0 Å². The highest BCUT2D eigenvalue weighted by atomic mass is 15.1. The Kier molecular flexibility index (Phi) is 7.36. The Bertz CT molecular complexity index is 3210. The van der Waals surface area contributed by atoms with Gasteiger partial charge in [0.2, 0.25) is 0 Å². The van der Waals surface area contributed by atoms with Gasteiger partial charge in [-0.25, -0.2) is 0 Å². The Morgan fingerprint density at radius 1 is 0.317 bits per heavy atom. The minimum absolute atomic E-state index is 0.241. The first-order valence-electron chi connectivity index (χ1n) is 21.2. The molecule has 0 spiro atoms. The van der Waals surface area contributed by atoms with Crippen molar-refractivity contribution in [1.82, 2.24) is 0 Å².